The van der Waals surface area contributed by atoms with Crippen molar-refractivity contribution in [2.45, 2.75) is 71.0 Å². The summed E-state index contributed by atoms with van der Waals surface area (Å²) < 4.78 is 1.50. The molecule has 2 aromatic rings. The Kier molecular flexibility index (Phi) is 6.04. The molecule has 4 rings (SSSR count). The number of nitrogens with one attached hydrogen (secondary N) is 2. The molecule has 170 valence electrons. The summed E-state index contributed by atoms with van der Waals surface area (Å²) in [5.74, 6) is -0.835. The molecular weight excluding hydrogens is 406 g/mol. The van der Waals surface area contributed by atoms with Gasteiger partial charge in [-0.2, -0.15) is 5.10 Å². The highest BCUT2D eigenvalue weighted by Gasteiger charge is 2.48. The summed E-state index contributed by atoms with van der Waals surface area (Å²) >= 11 is 0. The van der Waals surface area contributed by atoms with Crippen LogP contribution in [0.5, 0.6) is 0 Å². The maximum atomic E-state index is 13.2. The Hall–Kier alpha value is -3.16. The minimum atomic E-state index is -1.06. The number of aryl methyl sites for hydroxylation is 1. The Labute approximate surface area is 188 Å². The fourth-order valence-electron chi connectivity index (χ4n) is 4.72. The zero-order valence-corrected chi connectivity index (χ0v) is 19.0. The van der Waals surface area contributed by atoms with E-state index >= 15 is 0 Å². The molecule has 2 aliphatic rings. The van der Waals surface area contributed by atoms with Crippen molar-refractivity contribution in [3.8, 4) is 0 Å². The third kappa shape index (κ3) is 4.01. The van der Waals surface area contributed by atoms with Gasteiger partial charge in [-0.3, -0.25) is 19.1 Å². The molecule has 0 saturated heterocycles. The number of likely N-dealkylation sites (N-methyl/N-ethyl adjacent to an activating group) is 1. The van der Waals surface area contributed by atoms with E-state index < -0.39 is 5.54 Å². The van der Waals surface area contributed by atoms with Crippen LogP contribution in [0, 0.1) is 0 Å². The topological polar surface area (TPSA) is 96.3 Å². The van der Waals surface area contributed by atoms with Crippen LogP contribution in [0.15, 0.2) is 30.3 Å². The fraction of sp³-hybridized carbons (Fsp3) is 0.500. The Morgan fingerprint density at radius 2 is 1.94 bits per heavy atom. The van der Waals surface area contributed by atoms with Crippen LogP contribution in [-0.2, 0) is 17.8 Å². The molecule has 3 amide bonds. The van der Waals surface area contributed by atoms with E-state index in [2.05, 4.69) is 22.7 Å². The van der Waals surface area contributed by atoms with Gasteiger partial charge in [-0.15, -0.1) is 0 Å². The first-order valence-corrected chi connectivity index (χ1v) is 11.5. The molecule has 1 fully saturated rings. The second kappa shape index (κ2) is 8.76. The zero-order valence-electron chi connectivity index (χ0n) is 19.0. The number of nitrogens with zero attached hydrogens (tertiary/aromatic N) is 3. The van der Waals surface area contributed by atoms with E-state index in [4.69, 9.17) is 0 Å². The van der Waals surface area contributed by atoms with Crippen LogP contribution in [0.3, 0.4) is 0 Å². The van der Waals surface area contributed by atoms with Crippen molar-refractivity contribution >= 4 is 23.4 Å². The summed E-state index contributed by atoms with van der Waals surface area (Å²) in [5.41, 5.74) is 1.22. The van der Waals surface area contributed by atoms with Gasteiger partial charge in [-0.1, -0.05) is 31.9 Å². The van der Waals surface area contributed by atoms with Gasteiger partial charge in [0.1, 0.15) is 11.2 Å². The molecule has 1 aromatic heterocycles. The number of benzene rings is 1. The van der Waals surface area contributed by atoms with Gasteiger partial charge in [0.15, 0.2) is 5.69 Å². The first-order chi connectivity index (χ1) is 15.4. The van der Waals surface area contributed by atoms with E-state index in [1.165, 1.54) is 10.7 Å². The highest BCUT2D eigenvalue weighted by atomic mass is 16.2. The lowest BCUT2D eigenvalue weighted by Crippen LogP contribution is -2.64. The second-order valence-electron chi connectivity index (χ2n) is 8.86. The minimum Gasteiger partial charge on any atom is -0.351 e. The first-order valence-electron chi connectivity index (χ1n) is 11.5. The quantitative estimate of drug-likeness (QED) is 0.726. The van der Waals surface area contributed by atoms with Crippen LogP contribution in [0.1, 0.15) is 73.0 Å². The van der Waals surface area contributed by atoms with Crippen molar-refractivity contribution in [2.75, 3.05) is 11.9 Å². The summed E-state index contributed by atoms with van der Waals surface area (Å²) in [4.78, 5) is 40.9. The maximum absolute atomic E-state index is 13.2. The van der Waals surface area contributed by atoms with Gasteiger partial charge in [0.25, 0.3) is 11.8 Å². The van der Waals surface area contributed by atoms with Gasteiger partial charge in [0.2, 0.25) is 5.91 Å². The molecule has 0 spiro atoms. The highest BCUT2D eigenvalue weighted by Crippen LogP contribution is 2.29. The largest absolute Gasteiger partial charge is 0.351 e. The van der Waals surface area contributed by atoms with E-state index in [0.717, 1.165) is 37.7 Å². The number of anilines is 1. The monoisotopic (exact) mass is 437 g/mol. The summed E-state index contributed by atoms with van der Waals surface area (Å²) in [7, 11) is 0. The molecule has 1 aliphatic carbocycles. The van der Waals surface area contributed by atoms with Crippen molar-refractivity contribution in [1.82, 2.24) is 20.0 Å². The Balaban J connectivity index is 1.57. The third-order valence-corrected chi connectivity index (χ3v) is 6.62. The van der Waals surface area contributed by atoms with E-state index in [0.29, 0.717) is 17.9 Å². The third-order valence-electron chi connectivity index (χ3n) is 6.62. The van der Waals surface area contributed by atoms with Crippen LogP contribution in [0.4, 0.5) is 5.69 Å². The number of hydrogen-bond donors (Lipinski definition) is 2. The molecule has 0 bridgehead atoms. The molecule has 0 radical (unpaired) electrons. The number of carbonyl (C=O) groups is 3. The van der Waals surface area contributed by atoms with Gasteiger partial charge in [0, 0.05) is 24.3 Å². The predicted molar refractivity (Wildman–Crippen MR) is 122 cm³/mol. The molecule has 8 nitrogen and oxygen atoms in total. The SMILES string of the molecule is CCc1cccc(NC(=O)c2cc3n(n2)C[C@](C)(C(=O)NC2CCCC2)N(CC)C3=O)c1. The van der Waals surface area contributed by atoms with Crippen LogP contribution >= 0.6 is 0 Å². The average molecular weight is 438 g/mol. The van der Waals surface area contributed by atoms with E-state index in [1.807, 2.05) is 31.2 Å². The van der Waals surface area contributed by atoms with Gasteiger partial charge >= 0.3 is 0 Å². The Bertz CT molecular complexity index is 1040. The highest BCUT2D eigenvalue weighted by molar-refractivity contribution is 6.06. The van der Waals surface area contributed by atoms with E-state index in [9.17, 15) is 14.4 Å². The fourth-order valence-corrected chi connectivity index (χ4v) is 4.72. The molecule has 1 atom stereocenters. The molecule has 2 heterocycles. The summed E-state index contributed by atoms with van der Waals surface area (Å²) in [6.07, 6.45) is 5.03. The van der Waals surface area contributed by atoms with Crippen molar-refractivity contribution in [1.29, 1.82) is 0 Å². The molecule has 1 aromatic carbocycles. The lowest BCUT2D eigenvalue weighted by molar-refractivity contribution is -0.133. The molecular formula is C24H31N5O3. The van der Waals surface area contributed by atoms with Gasteiger partial charge in [-0.25, -0.2) is 0 Å². The van der Waals surface area contributed by atoms with Crippen LogP contribution in [0.25, 0.3) is 0 Å². The molecule has 0 unspecified atom stereocenters. The standard InChI is InChI=1S/C24H31N5O3/c1-4-16-9-8-12-18(13-16)25-21(30)19-14-20-22(31)28(5-2)24(3,15-29(20)27-19)23(32)26-17-10-6-7-11-17/h8-9,12-14,17H,4-7,10-11,15H2,1-3H3,(H,25,30)(H,26,32)/t24-/m1/s1. The first kappa shape index (κ1) is 22.0. The minimum absolute atomic E-state index is 0.159. The average Bonchev–Trinajstić information content (AvgIpc) is 3.44. The summed E-state index contributed by atoms with van der Waals surface area (Å²) in [6.45, 7) is 6.29. The molecule has 1 aliphatic heterocycles. The predicted octanol–water partition coefficient (Wildman–Crippen LogP) is 2.99. The van der Waals surface area contributed by atoms with Crippen molar-refractivity contribution in [2.24, 2.45) is 0 Å². The molecule has 8 heteroatoms. The summed E-state index contributed by atoms with van der Waals surface area (Å²) in [6, 6.07) is 9.30. The Morgan fingerprint density at radius 1 is 1.19 bits per heavy atom. The number of fused-ring (bicyclic) bond motifs is 1. The van der Waals surface area contributed by atoms with Gasteiger partial charge in [-0.05, 0) is 50.8 Å². The van der Waals surface area contributed by atoms with Crippen molar-refractivity contribution < 1.29 is 14.4 Å². The lowest BCUT2D eigenvalue weighted by Gasteiger charge is -2.43. The second-order valence-corrected chi connectivity index (χ2v) is 8.86. The smallest absolute Gasteiger partial charge is 0.276 e. The normalized spacial score (nSPS) is 20.8. The van der Waals surface area contributed by atoms with Crippen LogP contribution < -0.4 is 10.6 Å². The van der Waals surface area contributed by atoms with Gasteiger partial charge in [0.05, 0.1) is 6.54 Å². The number of aromatic nitrogens is 2. The number of rotatable bonds is 6. The number of amides is 3. The van der Waals surface area contributed by atoms with Crippen molar-refractivity contribution in [3.05, 3.63) is 47.3 Å². The van der Waals surface area contributed by atoms with Crippen molar-refractivity contribution in [3.63, 3.8) is 0 Å². The molecule has 2 N–H and O–H groups in total. The van der Waals surface area contributed by atoms with Gasteiger partial charge < -0.3 is 15.5 Å². The molecule has 32 heavy (non-hydrogen) atoms. The van der Waals surface area contributed by atoms with Crippen LogP contribution in [0.2, 0.25) is 0 Å². The summed E-state index contributed by atoms with van der Waals surface area (Å²) in [5, 5.41) is 10.4. The van der Waals surface area contributed by atoms with Crippen LogP contribution in [-0.4, -0.2) is 50.5 Å². The maximum Gasteiger partial charge on any atom is 0.276 e. The number of carbonyl (C=O) groups excluding carboxylic acids is 3. The van der Waals surface area contributed by atoms with E-state index in [1.54, 1.807) is 11.8 Å². The zero-order chi connectivity index (χ0) is 22.9. The lowest BCUT2D eigenvalue weighted by atomic mass is 9.94. The number of hydrogen-bond acceptors (Lipinski definition) is 4. The Morgan fingerprint density at radius 3 is 2.62 bits per heavy atom. The molecule has 1 saturated carbocycles. The van der Waals surface area contributed by atoms with E-state index in [-0.39, 0.29) is 36.0 Å².